The van der Waals surface area contributed by atoms with Crippen LogP contribution in [0.5, 0.6) is 23.0 Å². The summed E-state index contributed by atoms with van der Waals surface area (Å²) in [6, 6.07) is 11.1. The van der Waals surface area contributed by atoms with E-state index in [9.17, 15) is 4.79 Å². The Hall–Kier alpha value is -2.97. The maximum Gasteiger partial charge on any atom is 0.251 e. The minimum atomic E-state index is -0.165. The van der Waals surface area contributed by atoms with Gasteiger partial charge in [-0.15, -0.1) is 0 Å². The molecule has 0 bridgehead atoms. The van der Waals surface area contributed by atoms with E-state index in [-0.39, 0.29) is 11.9 Å². The van der Waals surface area contributed by atoms with E-state index in [1.54, 1.807) is 32.4 Å². The molecule has 0 saturated carbocycles. The van der Waals surface area contributed by atoms with Crippen molar-refractivity contribution in [2.45, 2.75) is 26.3 Å². The van der Waals surface area contributed by atoms with Crippen LogP contribution in [0.15, 0.2) is 36.4 Å². The Labute approximate surface area is 202 Å². The van der Waals surface area contributed by atoms with Crippen LogP contribution in [-0.2, 0) is 4.74 Å². The first-order valence-corrected chi connectivity index (χ1v) is 11.8. The van der Waals surface area contributed by atoms with Gasteiger partial charge in [0, 0.05) is 25.2 Å². The zero-order valence-electron chi connectivity index (χ0n) is 20.6. The third-order valence-corrected chi connectivity index (χ3v) is 5.70. The molecule has 2 aromatic rings. The molecule has 186 valence electrons. The Morgan fingerprint density at radius 1 is 0.971 bits per heavy atom. The van der Waals surface area contributed by atoms with Gasteiger partial charge in [-0.25, -0.2) is 0 Å². The molecule has 34 heavy (non-hydrogen) atoms. The molecule has 1 heterocycles. The summed E-state index contributed by atoms with van der Waals surface area (Å²) in [6.45, 7) is 8.37. The van der Waals surface area contributed by atoms with Crippen LogP contribution in [-0.4, -0.2) is 71.1 Å². The van der Waals surface area contributed by atoms with Crippen molar-refractivity contribution < 1.29 is 28.5 Å². The fourth-order valence-corrected chi connectivity index (χ4v) is 3.95. The third-order valence-electron chi connectivity index (χ3n) is 5.70. The number of amides is 1. The molecule has 0 aliphatic carbocycles. The first kappa shape index (κ1) is 25.6. The van der Waals surface area contributed by atoms with Crippen molar-refractivity contribution in [2.24, 2.45) is 0 Å². The predicted octanol–water partition coefficient (Wildman–Crippen LogP) is 3.69. The molecule has 1 aliphatic rings. The van der Waals surface area contributed by atoms with E-state index in [2.05, 4.69) is 10.2 Å². The number of hydrogen-bond donors (Lipinski definition) is 1. The fourth-order valence-electron chi connectivity index (χ4n) is 3.95. The van der Waals surface area contributed by atoms with Crippen molar-refractivity contribution in [3.8, 4) is 23.0 Å². The number of rotatable bonds is 12. The molecule has 0 aromatic heterocycles. The first-order chi connectivity index (χ1) is 16.6. The van der Waals surface area contributed by atoms with Crippen LogP contribution < -0.4 is 24.3 Å². The largest absolute Gasteiger partial charge is 0.493 e. The zero-order chi connectivity index (χ0) is 24.3. The normalized spacial score (nSPS) is 14.8. The van der Waals surface area contributed by atoms with Crippen LogP contribution in [0.3, 0.4) is 0 Å². The average Bonchev–Trinajstić information content (AvgIpc) is 2.88. The molecule has 2 aromatic carbocycles. The van der Waals surface area contributed by atoms with Crippen molar-refractivity contribution >= 4 is 5.91 Å². The molecule has 1 unspecified atom stereocenters. The van der Waals surface area contributed by atoms with E-state index in [0.717, 1.165) is 25.1 Å². The Balaban J connectivity index is 1.78. The van der Waals surface area contributed by atoms with Crippen LogP contribution in [0.4, 0.5) is 0 Å². The van der Waals surface area contributed by atoms with Gasteiger partial charge in [0.15, 0.2) is 23.0 Å². The average molecular weight is 473 g/mol. The van der Waals surface area contributed by atoms with Gasteiger partial charge >= 0.3 is 0 Å². The molecule has 8 nitrogen and oxygen atoms in total. The van der Waals surface area contributed by atoms with E-state index in [1.807, 2.05) is 32.0 Å². The summed E-state index contributed by atoms with van der Waals surface area (Å²) in [5.74, 6) is 2.39. The summed E-state index contributed by atoms with van der Waals surface area (Å²) in [6.07, 6.45) is 0.896. The minimum Gasteiger partial charge on any atom is -0.493 e. The summed E-state index contributed by atoms with van der Waals surface area (Å²) < 4.78 is 27.9. The SMILES string of the molecule is CCCOc1ccc(C(=O)NCC(c2ccc(OC)c(OC)c2)N2CCOCC2)cc1OCC. The molecule has 1 saturated heterocycles. The van der Waals surface area contributed by atoms with E-state index in [1.165, 1.54) is 0 Å². The number of nitrogens with one attached hydrogen (secondary N) is 1. The van der Waals surface area contributed by atoms with E-state index < -0.39 is 0 Å². The molecule has 1 N–H and O–H groups in total. The van der Waals surface area contributed by atoms with Crippen LogP contribution in [0.25, 0.3) is 0 Å². The van der Waals surface area contributed by atoms with Gasteiger partial charge < -0.3 is 29.0 Å². The number of methoxy groups -OCH3 is 2. The number of ether oxygens (including phenoxy) is 5. The van der Waals surface area contributed by atoms with Gasteiger partial charge in [0.2, 0.25) is 0 Å². The van der Waals surface area contributed by atoms with E-state index >= 15 is 0 Å². The van der Waals surface area contributed by atoms with Gasteiger partial charge in [-0.3, -0.25) is 9.69 Å². The molecule has 1 fully saturated rings. The molecule has 1 aliphatic heterocycles. The molecule has 1 atom stereocenters. The highest BCUT2D eigenvalue weighted by Gasteiger charge is 2.25. The van der Waals surface area contributed by atoms with Gasteiger partial charge in [-0.1, -0.05) is 13.0 Å². The second-order valence-corrected chi connectivity index (χ2v) is 7.93. The maximum atomic E-state index is 13.1. The number of hydrogen-bond acceptors (Lipinski definition) is 7. The second-order valence-electron chi connectivity index (χ2n) is 7.93. The third kappa shape index (κ3) is 6.55. The molecule has 0 radical (unpaired) electrons. The molecule has 0 spiro atoms. The monoisotopic (exact) mass is 472 g/mol. The van der Waals surface area contributed by atoms with Crippen LogP contribution >= 0.6 is 0 Å². The van der Waals surface area contributed by atoms with Gasteiger partial charge in [0.25, 0.3) is 5.91 Å². The lowest BCUT2D eigenvalue weighted by Gasteiger charge is -2.35. The summed E-state index contributed by atoms with van der Waals surface area (Å²) >= 11 is 0. The van der Waals surface area contributed by atoms with Gasteiger partial charge in [-0.05, 0) is 49.2 Å². The Morgan fingerprint density at radius 3 is 2.38 bits per heavy atom. The lowest BCUT2D eigenvalue weighted by Crippen LogP contribution is -2.43. The summed E-state index contributed by atoms with van der Waals surface area (Å²) in [7, 11) is 3.24. The number of benzene rings is 2. The molecule has 3 rings (SSSR count). The lowest BCUT2D eigenvalue weighted by molar-refractivity contribution is 0.0162. The predicted molar refractivity (Wildman–Crippen MR) is 130 cm³/mol. The van der Waals surface area contributed by atoms with Crippen molar-refractivity contribution in [1.82, 2.24) is 10.2 Å². The molecular formula is C26H36N2O6. The fraction of sp³-hybridized carbons (Fsp3) is 0.500. The topological polar surface area (TPSA) is 78.5 Å². The van der Waals surface area contributed by atoms with Gasteiger partial charge in [-0.2, -0.15) is 0 Å². The van der Waals surface area contributed by atoms with Crippen molar-refractivity contribution in [3.05, 3.63) is 47.5 Å². The number of carbonyl (C=O) groups is 1. The second kappa shape index (κ2) is 13.1. The van der Waals surface area contributed by atoms with Gasteiger partial charge in [0.05, 0.1) is 46.7 Å². The van der Waals surface area contributed by atoms with Crippen LogP contribution in [0.2, 0.25) is 0 Å². The first-order valence-electron chi connectivity index (χ1n) is 11.8. The molecular weight excluding hydrogens is 436 g/mol. The Kier molecular flexibility index (Phi) is 9.85. The summed E-state index contributed by atoms with van der Waals surface area (Å²) in [4.78, 5) is 15.4. The summed E-state index contributed by atoms with van der Waals surface area (Å²) in [5.41, 5.74) is 1.57. The smallest absolute Gasteiger partial charge is 0.251 e. The molecule has 8 heteroatoms. The van der Waals surface area contributed by atoms with E-state index in [0.29, 0.717) is 61.5 Å². The van der Waals surface area contributed by atoms with Crippen molar-refractivity contribution in [2.75, 3.05) is 60.3 Å². The highest BCUT2D eigenvalue weighted by Crippen LogP contribution is 2.32. The zero-order valence-corrected chi connectivity index (χ0v) is 20.6. The van der Waals surface area contributed by atoms with Gasteiger partial charge in [0.1, 0.15) is 0 Å². The number of carbonyl (C=O) groups excluding carboxylic acids is 1. The maximum absolute atomic E-state index is 13.1. The highest BCUT2D eigenvalue weighted by atomic mass is 16.5. The van der Waals surface area contributed by atoms with Crippen LogP contribution in [0, 0.1) is 0 Å². The minimum absolute atomic E-state index is 0.0359. The van der Waals surface area contributed by atoms with E-state index in [4.69, 9.17) is 23.7 Å². The standard InChI is InChI=1S/C26H36N2O6/c1-5-13-34-23-10-8-20(17-25(23)33-6-2)26(29)27-18-21(28-11-14-32-15-12-28)19-7-9-22(30-3)24(16-19)31-4/h7-10,16-17,21H,5-6,11-15,18H2,1-4H3,(H,27,29). The summed E-state index contributed by atoms with van der Waals surface area (Å²) in [5, 5.41) is 3.10. The van der Waals surface area contributed by atoms with Crippen LogP contribution in [0.1, 0.15) is 42.2 Å². The highest BCUT2D eigenvalue weighted by molar-refractivity contribution is 5.94. The molecule has 1 amide bonds. The Bertz CT molecular complexity index is 930. The van der Waals surface area contributed by atoms with Crippen molar-refractivity contribution in [1.29, 1.82) is 0 Å². The lowest BCUT2D eigenvalue weighted by atomic mass is 10.0. The quantitative estimate of drug-likeness (QED) is 0.505. The Morgan fingerprint density at radius 2 is 1.71 bits per heavy atom. The van der Waals surface area contributed by atoms with Crippen molar-refractivity contribution in [3.63, 3.8) is 0 Å². The number of morpholine rings is 1. The number of nitrogens with zero attached hydrogens (tertiary/aromatic N) is 1.